The van der Waals surface area contributed by atoms with E-state index < -0.39 is 24.3 Å². The Hall–Kier alpha value is -3.66. The summed E-state index contributed by atoms with van der Waals surface area (Å²) in [4.78, 5) is 20.6. The van der Waals surface area contributed by atoms with E-state index in [0.717, 1.165) is 11.1 Å². The SMILES string of the molecule is CCC(F)(F)Oc1ccc(N(N)C(=O)c2ccc(F)c(-c3cnc(OC)nc3)c2)cc1. The molecule has 0 saturated heterocycles. The minimum atomic E-state index is -3.30. The van der Waals surface area contributed by atoms with Crippen LogP contribution in [-0.4, -0.2) is 29.1 Å². The van der Waals surface area contributed by atoms with Gasteiger partial charge in [0.05, 0.1) is 12.8 Å². The van der Waals surface area contributed by atoms with Crippen LogP contribution in [-0.2, 0) is 0 Å². The zero-order chi connectivity index (χ0) is 22.6. The number of ether oxygens (including phenoxy) is 2. The van der Waals surface area contributed by atoms with Gasteiger partial charge in [-0.1, -0.05) is 6.92 Å². The van der Waals surface area contributed by atoms with E-state index in [2.05, 4.69) is 14.7 Å². The normalized spacial score (nSPS) is 11.2. The number of rotatable bonds is 7. The number of hydrogen-bond donors (Lipinski definition) is 1. The number of hydrazine groups is 1. The van der Waals surface area contributed by atoms with Crippen LogP contribution in [0.3, 0.4) is 0 Å². The van der Waals surface area contributed by atoms with Gasteiger partial charge in [-0.15, -0.1) is 0 Å². The first kappa shape index (κ1) is 22.0. The lowest BCUT2D eigenvalue weighted by Crippen LogP contribution is -2.37. The molecule has 0 fully saturated rings. The van der Waals surface area contributed by atoms with Crippen molar-refractivity contribution in [3.63, 3.8) is 0 Å². The van der Waals surface area contributed by atoms with Gasteiger partial charge in [-0.25, -0.2) is 25.2 Å². The predicted octanol–water partition coefficient (Wildman–Crippen LogP) is 4.19. The quantitative estimate of drug-likeness (QED) is 0.342. The highest BCUT2D eigenvalue weighted by Crippen LogP contribution is 2.27. The first-order valence-electron chi connectivity index (χ1n) is 9.16. The summed E-state index contributed by atoms with van der Waals surface area (Å²) in [5.41, 5.74) is 0.783. The van der Waals surface area contributed by atoms with Crippen molar-refractivity contribution in [1.82, 2.24) is 9.97 Å². The van der Waals surface area contributed by atoms with Gasteiger partial charge in [0.15, 0.2) is 0 Å². The van der Waals surface area contributed by atoms with Gasteiger partial charge in [0.1, 0.15) is 11.6 Å². The zero-order valence-electron chi connectivity index (χ0n) is 16.7. The number of hydrogen-bond acceptors (Lipinski definition) is 6. The summed E-state index contributed by atoms with van der Waals surface area (Å²) in [6.45, 7) is 1.30. The number of nitrogens with two attached hydrogens (primary N) is 1. The number of methoxy groups -OCH3 is 1. The van der Waals surface area contributed by atoms with Gasteiger partial charge in [0, 0.05) is 35.5 Å². The Morgan fingerprint density at radius 1 is 1.13 bits per heavy atom. The molecule has 31 heavy (non-hydrogen) atoms. The second-order valence-corrected chi connectivity index (χ2v) is 6.42. The number of amides is 1. The Kier molecular flexibility index (Phi) is 6.40. The molecule has 0 radical (unpaired) electrons. The molecule has 0 aliphatic rings. The molecular formula is C21H19F3N4O3. The molecule has 7 nitrogen and oxygen atoms in total. The van der Waals surface area contributed by atoms with Gasteiger partial charge < -0.3 is 9.47 Å². The topological polar surface area (TPSA) is 90.6 Å². The minimum absolute atomic E-state index is 0.0694. The average Bonchev–Trinajstić information content (AvgIpc) is 2.79. The molecule has 10 heteroatoms. The summed E-state index contributed by atoms with van der Waals surface area (Å²) in [5.74, 6) is 4.62. The smallest absolute Gasteiger partial charge is 0.397 e. The molecule has 2 aromatic carbocycles. The van der Waals surface area contributed by atoms with Gasteiger partial charge in [-0.3, -0.25) is 4.79 Å². The number of aromatic nitrogens is 2. The van der Waals surface area contributed by atoms with Crippen molar-refractivity contribution in [3.8, 4) is 22.9 Å². The number of nitrogens with zero attached hydrogens (tertiary/aromatic N) is 3. The summed E-state index contributed by atoms with van der Waals surface area (Å²) in [5, 5.41) is 0.823. The number of halogens is 3. The van der Waals surface area contributed by atoms with Gasteiger partial charge in [0.2, 0.25) is 0 Å². The molecule has 1 aromatic heterocycles. The molecular weight excluding hydrogens is 413 g/mol. The summed E-state index contributed by atoms with van der Waals surface area (Å²) in [6, 6.07) is 9.13. The highest BCUT2D eigenvalue weighted by molar-refractivity contribution is 6.05. The van der Waals surface area contributed by atoms with Crippen molar-refractivity contribution in [2.45, 2.75) is 19.5 Å². The Balaban J connectivity index is 1.82. The maximum absolute atomic E-state index is 14.3. The van der Waals surface area contributed by atoms with Crippen LogP contribution < -0.4 is 20.3 Å². The predicted molar refractivity (Wildman–Crippen MR) is 107 cm³/mol. The molecule has 1 heterocycles. The number of carbonyl (C=O) groups is 1. The Morgan fingerprint density at radius 2 is 1.77 bits per heavy atom. The average molecular weight is 432 g/mol. The fraction of sp³-hybridized carbons (Fsp3) is 0.190. The second kappa shape index (κ2) is 9.00. The molecule has 3 rings (SSSR count). The van der Waals surface area contributed by atoms with Crippen LogP contribution in [0.5, 0.6) is 11.8 Å². The Labute approximate surface area is 176 Å². The Morgan fingerprint density at radius 3 is 2.35 bits per heavy atom. The number of anilines is 1. The number of alkyl halides is 2. The molecule has 0 unspecified atom stereocenters. The molecule has 1 amide bonds. The lowest BCUT2D eigenvalue weighted by molar-refractivity contribution is -0.177. The molecule has 3 aromatic rings. The number of benzene rings is 2. The molecule has 2 N–H and O–H groups in total. The Bertz CT molecular complexity index is 1060. The lowest BCUT2D eigenvalue weighted by Gasteiger charge is -2.19. The van der Waals surface area contributed by atoms with Crippen molar-refractivity contribution in [2.75, 3.05) is 12.1 Å². The van der Waals surface area contributed by atoms with E-state index in [1.165, 1.54) is 62.8 Å². The highest BCUT2D eigenvalue weighted by Gasteiger charge is 2.28. The fourth-order valence-corrected chi connectivity index (χ4v) is 2.62. The first-order valence-corrected chi connectivity index (χ1v) is 9.16. The van der Waals surface area contributed by atoms with Crippen molar-refractivity contribution in [3.05, 3.63) is 66.2 Å². The maximum Gasteiger partial charge on any atom is 0.397 e. The maximum atomic E-state index is 14.3. The molecule has 0 aliphatic heterocycles. The minimum Gasteiger partial charge on any atom is -0.467 e. The third kappa shape index (κ3) is 5.10. The summed E-state index contributed by atoms with van der Waals surface area (Å²) in [6.07, 6.45) is -1.05. The van der Waals surface area contributed by atoms with E-state index in [9.17, 15) is 18.0 Å². The summed E-state index contributed by atoms with van der Waals surface area (Å²) in [7, 11) is 1.40. The largest absolute Gasteiger partial charge is 0.467 e. The standard InChI is InChI=1S/C21H19F3N4O3/c1-3-21(23,24)31-16-7-5-15(6-8-16)28(25)19(29)13-4-9-18(22)17(10-13)14-11-26-20(30-2)27-12-14/h4-12H,3,25H2,1-2H3. The van der Waals surface area contributed by atoms with Crippen molar-refractivity contribution in [2.24, 2.45) is 5.84 Å². The first-order chi connectivity index (χ1) is 14.7. The third-order valence-corrected chi connectivity index (χ3v) is 4.35. The summed E-state index contributed by atoms with van der Waals surface area (Å²) >= 11 is 0. The van der Waals surface area contributed by atoms with Crippen LogP contribution in [0.15, 0.2) is 54.9 Å². The number of carbonyl (C=O) groups excluding carboxylic acids is 1. The van der Waals surface area contributed by atoms with Crippen LogP contribution >= 0.6 is 0 Å². The van der Waals surface area contributed by atoms with Crippen LogP contribution in [0.25, 0.3) is 11.1 Å². The molecule has 0 aliphatic carbocycles. The van der Waals surface area contributed by atoms with E-state index in [1.807, 2.05) is 0 Å². The molecule has 0 bridgehead atoms. The highest BCUT2D eigenvalue weighted by atomic mass is 19.3. The molecule has 0 saturated carbocycles. The zero-order valence-corrected chi connectivity index (χ0v) is 16.7. The van der Waals surface area contributed by atoms with E-state index in [0.29, 0.717) is 5.56 Å². The summed E-state index contributed by atoms with van der Waals surface area (Å²) < 4.78 is 50.5. The molecule has 0 spiro atoms. The van der Waals surface area contributed by atoms with Crippen LogP contribution in [0, 0.1) is 5.82 Å². The van der Waals surface area contributed by atoms with E-state index in [4.69, 9.17) is 10.6 Å². The van der Waals surface area contributed by atoms with E-state index >= 15 is 0 Å². The van der Waals surface area contributed by atoms with Crippen LogP contribution in [0.4, 0.5) is 18.9 Å². The second-order valence-electron chi connectivity index (χ2n) is 6.42. The molecule has 162 valence electrons. The van der Waals surface area contributed by atoms with Crippen LogP contribution in [0.2, 0.25) is 0 Å². The lowest BCUT2D eigenvalue weighted by atomic mass is 10.0. The van der Waals surface area contributed by atoms with Gasteiger partial charge in [-0.05, 0) is 42.5 Å². The van der Waals surface area contributed by atoms with Crippen LogP contribution in [0.1, 0.15) is 23.7 Å². The van der Waals surface area contributed by atoms with Crippen molar-refractivity contribution >= 4 is 11.6 Å². The molecule has 0 atom stereocenters. The van der Waals surface area contributed by atoms with Gasteiger partial charge in [0.25, 0.3) is 5.91 Å². The fourth-order valence-electron chi connectivity index (χ4n) is 2.62. The monoisotopic (exact) mass is 432 g/mol. The van der Waals surface area contributed by atoms with Crippen molar-refractivity contribution in [1.29, 1.82) is 0 Å². The van der Waals surface area contributed by atoms with Gasteiger partial charge >= 0.3 is 12.1 Å². The van der Waals surface area contributed by atoms with E-state index in [-0.39, 0.29) is 28.6 Å². The third-order valence-electron chi connectivity index (χ3n) is 4.35. The van der Waals surface area contributed by atoms with Crippen molar-refractivity contribution < 1.29 is 27.4 Å². The van der Waals surface area contributed by atoms with E-state index in [1.54, 1.807) is 0 Å². The van der Waals surface area contributed by atoms with Gasteiger partial charge in [-0.2, -0.15) is 8.78 Å².